The summed E-state index contributed by atoms with van der Waals surface area (Å²) in [6, 6.07) is 20.4. The molecule has 0 fully saturated rings. The maximum Gasteiger partial charge on any atom is 0.271 e. The standard InChI is InChI=1S/C23H19ClN4O2/c1-30-19-8-5-15(6-9-19)12-22-26-20-10-7-17(13-21(20)27-22)23(29)28-25-14-16-3-2-4-18(24)11-16/h2-11,13-14H,12H2,1H3,(H,26,27)(H,28,29)/b25-14-. The molecule has 0 aliphatic carbocycles. The molecule has 0 unspecified atom stereocenters. The molecule has 1 heterocycles. The number of imidazole rings is 1. The second-order valence-corrected chi connectivity index (χ2v) is 7.13. The molecule has 6 nitrogen and oxygen atoms in total. The van der Waals surface area contributed by atoms with Crippen molar-refractivity contribution in [3.8, 4) is 5.75 Å². The van der Waals surface area contributed by atoms with E-state index in [0.717, 1.165) is 33.7 Å². The Balaban J connectivity index is 1.45. The largest absolute Gasteiger partial charge is 0.497 e. The number of fused-ring (bicyclic) bond motifs is 1. The third-order valence-electron chi connectivity index (χ3n) is 4.55. The van der Waals surface area contributed by atoms with Gasteiger partial charge in [0.2, 0.25) is 0 Å². The van der Waals surface area contributed by atoms with Crippen LogP contribution in [0.5, 0.6) is 5.75 Å². The van der Waals surface area contributed by atoms with E-state index in [4.69, 9.17) is 16.3 Å². The molecule has 0 aliphatic heterocycles. The van der Waals surface area contributed by atoms with E-state index in [1.54, 1.807) is 37.6 Å². The first-order valence-electron chi connectivity index (χ1n) is 9.31. The number of carbonyl (C=O) groups is 1. The molecule has 1 amide bonds. The third kappa shape index (κ3) is 4.67. The number of hydrogen-bond acceptors (Lipinski definition) is 4. The summed E-state index contributed by atoms with van der Waals surface area (Å²) in [5.74, 6) is 1.34. The number of nitrogens with one attached hydrogen (secondary N) is 2. The van der Waals surface area contributed by atoms with Crippen molar-refractivity contribution in [1.29, 1.82) is 0 Å². The van der Waals surface area contributed by atoms with Crippen molar-refractivity contribution in [2.24, 2.45) is 5.10 Å². The van der Waals surface area contributed by atoms with E-state index in [0.29, 0.717) is 17.0 Å². The maximum atomic E-state index is 12.4. The van der Waals surface area contributed by atoms with Gasteiger partial charge in [-0.1, -0.05) is 35.9 Å². The fourth-order valence-electron chi connectivity index (χ4n) is 3.04. The monoisotopic (exact) mass is 418 g/mol. The van der Waals surface area contributed by atoms with Gasteiger partial charge >= 0.3 is 0 Å². The number of aromatic amines is 1. The number of hydrogen-bond donors (Lipinski definition) is 2. The predicted molar refractivity (Wildman–Crippen MR) is 118 cm³/mol. The van der Waals surface area contributed by atoms with Crippen LogP contribution < -0.4 is 10.2 Å². The van der Waals surface area contributed by atoms with Crippen molar-refractivity contribution in [3.63, 3.8) is 0 Å². The summed E-state index contributed by atoms with van der Waals surface area (Å²) in [6.07, 6.45) is 2.20. The average molecular weight is 419 g/mol. The number of amides is 1. The van der Waals surface area contributed by atoms with Gasteiger partial charge in [0.15, 0.2) is 0 Å². The molecular formula is C23H19ClN4O2. The SMILES string of the molecule is COc1ccc(Cc2nc3ccc(C(=O)N/N=C\c4cccc(Cl)c4)cc3[nH]2)cc1. The van der Waals surface area contributed by atoms with Gasteiger partial charge < -0.3 is 9.72 Å². The highest BCUT2D eigenvalue weighted by Gasteiger charge is 2.09. The topological polar surface area (TPSA) is 79.4 Å². The first kappa shape index (κ1) is 19.7. The van der Waals surface area contributed by atoms with Crippen molar-refractivity contribution in [2.75, 3.05) is 7.11 Å². The molecule has 0 aliphatic rings. The van der Waals surface area contributed by atoms with Crippen molar-refractivity contribution < 1.29 is 9.53 Å². The van der Waals surface area contributed by atoms with E-state index in [9.17, 15) is 4.79 Å². The molecule has 4 aromatic rings. The lowest BCUT2D eigenvalue weighted by Crippen LogP contribution is -2.17. The first-order chi connectivity index (χ1) is 14.6. The van der Waals surface area contributed by atoms with Crippen LogP contribution >= 0.6 is 11.6 Å². The number of halogens is 1. The van der Waals surface area contributed by atoms with Crippen molar-refractivity contribution >= 4 is 34.8 Å². The Kier molecular flexibility index (Phi) is 5.77. The minimum atomic E-state index is -0.304. The number of hydrazone groups is 1. The Labute approximate surface area is 178 Å². The summed E-state index contributed by atoms with van der Waals surface area (Å²) in [5, 5.41) is 4.61. The van der Waals surface area contributed by atoms with Crippen LogP contribution in [0.25, 0.3) is 11.0 Å². The van der Waals surface area contributed by atoms with E-state index in [1.165, 1.54) is 0 Å². The van der Waals surface area contributed by atoms with E-state index >= 15 is 0 Å². The highest BCUT2D eigenvalue weighted by Crippen LogP contribution is 2.18. The molecule has 150 valence electrons. The van der Waals surface area contributed by atoms with Crippen LogP contribution in [0.15, 0.2) is 71.8 Å². The van der Waals surface area contributed by atoms with Crippen LogP contribution in [-0.2, 0) is 6.42 Å². The Bertz CT molecular complexity index is 1220. The molecule has 3 aromatic carbocycles. The fraction of sp³-hybridized carbons (Fsp3) is 0.0870. The highest BCUT2D eigenvalue weighted by atomic mass is 35.5. The molecule has 1 aromatic heterocycles. The Morgan fingerprint density at radius 1 is 1.17 bits per heavy atom. The molecule has 0 radical (unpaired) electrons. The number of ether oxygens (including phenoxy) is 1. The Morgan fingerprint density at radius 2 is 2.00 bits per heavy atom. The molecule has 7 heteroatoms. The number of H-pyrrole nitrogens is 1. The van der Waals surface area contributed by atoms with Crippen LogP contribution in [0.2, 0.25) is 5.02 Å². The molecule has 4 rings (SSSR count). The third-order valence-corrected chi connectivity index (χ3v) is 4.79. The van der Waals surface area contributed by atoms with Gasteiger partial charge in [-0.3, -0.25) is 4.79 Å². The zero-order valence-corrected chi connectivity index (χ0v) is 17.0. The lowest BCUT2D eigenvalue weighted by Gasteiger charge is -2.01. The van der Waals surface area contributed by atoms with Crippen LogP contribution in [0.1, 0.15) is 27.3 Å². The Morgan fingerprint density at radius 3 is 2.77 bits per heavy atom. The van der Waals surface area contributed by atoms with Crippen molar-refractivity contribution in [1.82, 2.24) is 15.4 Å². The molecule has 0 bridgehead atoms. The minimum absolute atomic E-state index is 0.304. The number of aromatic nitrogens is 2. The van der Waals surface area contributed by atoms with Crippen LogP contribution in [0.4, 0.5) is 0 Å². The van der Waals surface area contributed by atoms with Gasteiger partial charge in [0.05, 0.1) is 24.4 Å². The molecule has 0 spiro atoms. The van der Waals surface area contributed by atoms with Gasteiger partial charge in [-0.15, -0.1) is 0 Å². The maximum absolute atomic E-state index is 12.4. The van der Waals surface area contributed by atoms with Crippen molar-refractivity contribution in [3.05, 3.63) is 94.3 Å². The van der Waals surface area contributed by atoms with E-state index < -0.39 is 0 Å². The van der Waals surface area contributed by atoms with E-state index in [2.05, 4.69) is 20.5 Å². The van der Waals surface area contributed by atoms with Gasteiger partial charge in [-0.25, -0.2) is 10.4 Å². The van der Waals surface area contributed by atoms with Crippen molar-refractivity contribution in [2.45, 2.75) is 6.42 Å². The molecule has 30 heavy (non-hydrogen) atoms. The quantitative estimate of drug-likeness (QED) is 0.355. The molecule has 0 atom stereocenters. The second-order valence-electron chi connectivity index (χ2n) is 6.69. The molecule has 0 saturated heterocycles. The fourth-order valence-corrected chi connectivity index (χ4v) is 3.24. The minimum Gasteiger partial charge on any atom is -0.497 e. The lowest BCUT2D eigenvalue weighted by molar-refractivity contribution is 0.0955. The summed E-state index contributed by atoms with van der Waals surface area (Å²) in [7, 11) is 1.64. The summed E-state index contributed by atoms with van der Waals surface area (Å²) in [5.41, 5.74) is 6.54. The zero-order chi connectivity index (χ0) is 20.9. The smallest absolute Gasteiger partial charge is 0.271 e. The van der Waals surface area contributed by atoms with E-state index in [-0.39, 0.29) is 5.91 Å². The summed E-state index contributed by atoms with van der Waals surface area (Å²) >= 11 is 5.94. The zero-order valence-electron chi connectivity index (χ0n) is 16.2. The van der Waals surface area contributed by atoms with Gasteiger partial charge in [0.1, 0.15) is 11.6 Å². The number of benzene rings is 3. The molecular weight excluding hydrogens is 400 g/mol. The number of carbonyl (C=O) groups excluding carboxylic acids is 1. The molecule has 2 N–H and O–H groups in total. The van der Waals surface area contributed by atoms with E-state index in [1.807, 2.05) is 42.5 Å². The Hall–Kier alpha value is -3.64. The van der Waals surface area contributed by atoms with Crippen LogP contribution in [0, 0.1) is 0 Å². The van der Waals surface area contributed by atoms with Crippen LogP contribution in [0.3, 0.4) is 0 Å². The average Bonchev–Trinajstić information content (AvgIpc) is 3.15. The number of methoxy groups -OCH3 is 1. The summed E-state index contributed by atoms with van der Waals surface area (Å²) in [4.78, 5) is 20.3. The molecule has 0 saturated carbocycles. The normalized spacial score (nSPS) is 11.1. The van der Waals surface area contributed by atoms with Gasteiger partial charge in [0, 0.05) is 17.0 Å². The van der Waals surface area contributed by atoms with Gasteiger partial charge in [-0.05, 0) is 53.6 Å². The number of nitrogens with zero attached hydrogens (tertiary/aromatic N) is 2. The lowest BCUT2D eigenvalue weighted by atomic mass is 10.1. The van der Waals surface area contributed by atoms with Gasteiger partial charge in [-0.2, -0.15) is 5.10 Å². The predicted octanol–water partition coefficient (Wildman–Crippen LogP) is 4.58. The first-order valence-corrected chi connectivity index (χ1v) is 9.69. The second kappa shape index (κ2) is 8.80. The highest BCUT2D eigenvalue weighted by molar-refractivity contribution is 6.30. The van der Waals surface area contributed by atoms with Crippen LogP contribution in [-0.4, -0.2) is 29.2 Å². The summed E-state index contributed by atoms with van der Waals surface area (Å²) in [6.45, 7) is 0. The summed E-state index contributed by atoms with van der Waals surface area (Å²) < 4.78 is 5.18. The van der Waals surface area contributed by atoms with Gasteiger partial charge in [0.25, 0.3) is 5.91 Å². The number of rotatable bonds is 6.